The van der Waals surface area contributed by atoms with Crippen LogP contribution in [0.4, 0.5) is 0 Å². The maximum atomic E-state index is 11.5. The van der Waals surface area contributed by atoms with Crippen molar-refractivity contribution in [1.82, 2.24) is 9.97 Å². The molecule has 6 heteroatoms. The molecule has 5 nitrogen and oxygen atoms in total. The van der Waals surface area contributed by atoms with Gasteiger partial charge in [-0.1, -0.05) is 18.2 Å². The second-order valence-corrected chi connectivity index (χ2v) is 5.38. The topological polar surface area (TPSA) is 81.0 Å². The Kier molecular flexibility index (Phi) is 3.77. The molecule has 22 heavy (non-hydrogen) atoms. The third kappa shape index (κ3) is 2.53. The molecule has 0 bridgehead atoms. The van der Waals surface area contributed by atoms with Gasteiger partial charge in [-0.05, 0) is 29.8 Å². The molecule has 0 saturated heterocycles. The van der Waals surface area contributed by atoms with Crippen molar-refractivity contribution in [2.24, 2.45) is 5.73 Å². The van der Waals surface area contributed by atoms with Gasteiger partial charge in [0.2, 0.25) is 0 Å². The van der Waals surface area contributed by atoms with Crippen LogP contribution in [0, 0.1) is 0 Å². The zero-order chi connectivity index (χ0) is 15.7. The van der Waals surface area contributed by atoms with Gasteiger partial charge in [0, 0.05) is 0 Å². The van der Waals surface area contributed by atoms with E-state index < -0.39 is 5.91 Å². The highest BCUT2D eigenvalue weighted by Crippen LogP contribution is 2.29. The average Bonchev–Trinajstić information content (AvgIpc) is 2.98. The normalized spacial score (nSPS) is 12.3. The molecule has 0 radical (unpaired) electrons. The first-order valence-corrected chi connectivity index (χ1v) is 7.22. The molecule has 0 aliphatic heterocycles. The van der Waals surface area contributed by atoms with Crippen LogP contribution >= 0.6 is 12.6 Å². The van der Waals surface area contributed by atoms with Crippen LogP contribution in [0.15, 0.2) is 42.5 Å². The highest BCUT2D eigenvalue weighted by Gasteiger charge is 2.17. The van der Waals surface area contributed by atoms with Crippen molar-refractivity contribution < 1.29 is 9.53 Å². The van der Waals surface area contributed by atoms with Crippen LogP contribution in [0.5, 0.6) is 5.75 Å². The summed E-state index contributed by atoms with van der Waals surface area (Å²) in [5, 5.41) is -0.237. The Morgan fingerprint density at radius 2 is 2.00 bits per heavy atom. The van der Waals surface area contributed by atoms with Crippen molar-refractivity contribution in [1.29, 1.82) is 0 Å². The number of aromatic nitrogens is 2. The lowest BCUT2D eigenvalue weighted by atomic mass is 10.1. The van der Waals surface area contributed by atoms with E-state index in [1.807, 2.05) is 30.3 Å². The molecule has 1 heterocycles. The Labute approximate surface area is 132 Å². The second-order valence-electron chi connectivity index (χ2n) is 4.86. The van der Waals surface area contributed by atoms with E-state index >= 15 is 0 Å². The summed E-state index contributed by atoms with van der Waals surface area (Å²) in [6.07, 6.45) is 0. The molecule has 0 fully saturated rings. The first-order valence-electron chi connectivity index (χ1n) is 6.70. The number of ether oxygens (including phenoxy) is 1. The summed E-state index contributed by atoms with van der Waals surface area (Å²) in [4.78, 5) is 19.1. The van der Waals surface area contributed by atoms with Gasteiger partial charge in [-0.3, -0.25) is 4.79 Å². The third-order valence-corrected chi connectivity index (χ3v) is 4.03. The number of nitrogens with two attached hydrogens (primary N) is 1. The number of methoxy groups -OCH3 is 1. The molecule has 1 amide bonds. The predicted octanol–water partition coefficient (Wildman–Crippen LogP) is 2.69. The molecule has 0 aliphatic carbocycles. The van der Waals surface area contributed by atoms with Crippen molar-refractivity contribution >= 4 is 29.6 Å². The van der Waals surface area contributed by atoms with E-state index in [9.17, 15) is 4.79 Å². The number of amides is 1. The zero-order valence-corrected chi connectivity index (χ0v) is 12.8. The Bertz CT molecular complexity index is 827. The van der Waals surface area contributed by atoms with E-state index in [0.29, 0.717) is 16.9 Å². The number of carbonyl (C=O) groups excluding carboxylic acids is 1. The van der Waals surface area contributed by atoms with E-state index in [-0.39, 0.29) is 5.25 Å². The van der Waals surface area contributed by atoms with Crippen LogP contribution in [-0.4, -0.2) is 23.0 Å². The van der Waals surface area contributed by atoms with Gasteiger partial charge in [0.1, 0.15) is 17.1 Å². The number of thiol groups is 1. The number of fused-ring (bicyclic) bond motifs is 1. The average molecular weight is 313 g/mol. The summed E-state index contributed by atoms with van der Waals surface area (Å²) in [5.41, 5.74) is 8.09. The molecule has 1 atom stereocenters. The van der Waals surface area contributed by atoms with Crippen LogP contribution in [0.3, 0.4) is 0 Å². The number of carbonyl (C=O) groups is 1. The Morgan fingerprint density at radius 3 is 2.64 bits per heavy atom. The van der Waals surface area contributed by atoms with Crippen LogP contribution < -0.4 is 10.5 Å². The lowest BCUT2D eigenvalue weighted by Crippen LogP contribution is -2.11. The predicted molar refractivity (Wildman–Crippen MR) is 88.4 cm³/mol. The number of hydrogen-bond donors (Lipinski definition) is 3. The molecule has 2 aromatic carbocycles. The number of nitrogens with one attached hydrogen (secondary N) is 1. The van der Waals surface area contributed by atoms with E-state index in [1.54, 1.807) is 19.2 Å². The molecule has 112 valence electrons. The molecule has 1 aromatic heterocycles. The van der Waals surface area contributed by atoms with Gasteiger partial charge in [-0.15, -0.1) is 0 Å². The highest BCUT2D eigenvalue weighted by molar-refractivity contribution is 7.80. The third-order valence-electron chi connectivity index (χ3n) is 3.49. The minimum absolute atomic E-state index is 0.237. The van der Waals surface area contributed by atoms with Crippen molar-refractivity contribution in [2.75, 3.05) is 7.11 Å². The number of nitrogens with zero attached hydrogens (tertiary/aromatic N) is 1. The smallest absolute Gasteiger partial charge is 0.250 e. The fourth-order valence-electron chi connectivity index (χ4n) is 2.32. The van der Waals surface area contributed by atoms with Crippen LogP contribution in [0.2, 0.25) is 0 Å². The Balaban J connectivity index is 2.01. The molecular weight excluding hydrogens is 298 g/mol. The summed E-state index contributed by atoms with van der Waals surface area (Å²) in [6, 6.07) is 12.9. The number of rotatable bonds is 4. The number of aromatic amines is 1. The fourth-order valence-corrected chi connectivity index (χ4v) is 2.62. The van der Waals surface area contributed by atoms with Crippen molar-refractivity contribution in [3.8, 4) is 5.75 Å². The van der Waals surface area contributed by atoms with E-state index in [4.69, 9.17) is 10.5 Å². The number of primary amides is 1. The fraction of sp³-hybridized carbons (Fsp3) is 0.125. The van der Waals surface area contributed by atoms with Gasteiger partial charge in [0.25, 0.3) is 5.91 Å². The zero-order valence-electron chi connectivity index (χ0n) is 11.9. The molecule has 3 rings (SSSR count). The first kappa shape index (κ1) is 14.5. The van der Waals surface area contributed by atoms with Gasteiger partial charge in [0.05, 0.1) is 23.4 Å². The number of hydrogen-bond acceptors (Lipinski definition) is 4. The number of benzene rings is 2. The lowest BCUT2D eigenvalue weighted by Gasteiger charge is -2.08. The minimum Gasteiger partial charge on any atom is -0.497 e. The lowest BCUT2D eigenvalue weighted by molar-refractivity contribution is 0.100. The monoisotopic (exact) mass is 313 g/mol. The summed E-state index contributed by atoms with van der Waals surface area (Å²) in [6.45, 7) is 0. The van der Waals surface area contributed by atoms with Crippen molar-refractivity contribution in [3.63, 3.8) is 0 Å². The molecule has 0 aliphatic rings. The first-order chi connectivity index (χ1) is 10.6. The van der Waals surface area contributed by atoms with Crippen LogP contribution in [0.1, 0.15) is 27.0 Å². The summed E-state index contributed by atoms with van der Waals surface area (Å²) in [5.74, 6) is 0.950. The maximum absolute atomic E-state index is 11.5. The van der Waals surface area contributed by atoms with E-state index in [1.165, 1.54) is 0 Å². The molecular formula is C16H15N3O2S. The second kappa shape index (κ2) is 5.73. The van der Waals surface area contributed by atoms with Crippen LogP contribution in [-0.2, 0) is 0 Å². The Hall–Kier alpha value is -2.47. The molecule has 3 aromatic rings. The Morgan fingerprint density at radius 1 is 1.27 bits per heavy atom. The van der Waals surface area contributed by atoms with Gasteiger partial charge >= 0.3 is 0 Å². The van der Waals surface area contributed by atoms with Gasteiger partial charge in [-0.2, -0.15) is 12.6 Å². The number of para-hydroxylation sites is 1. The van der Waals surface area contributed by atoms with Gasteiger partial charge < -0.3 is 15.5 Å². The number of H-pyrrole nitrogens is 1. The largest absolute Gasteiger partial charge is 0.497 e. The standard InChI is InChI=1S/C16H15N3O2S/c1-21-10-7-5-9(6-8-10)14(22)16-18-12-4-2-3-11(15(17)20)13(12)19-16/h2-8,14,22H,1H3,(H2,17,20)(H,18,19). The molecule has 1 unspecified atom stereocenters. The maximum Gasteiger partial charge on any atom is 0.250 e. The molecule has 3 N–H and O–H groups in total. The van der Waals surface area contributed by atoms with Crippen LogP contribution in [0.25, 0.3) is 11.0 Å². The molecule has 0 spiro atoms. The quantitative estimate of drug-likeness (QED) is 0.648. The number of imidazole rings is 1. The highest BCUT2D eigenvalue weighted by atomic mass is 32.1. The summed E-state index contributed by atoms with van der Waals surface area (Å²) < 4.78 is 5.14. The summed E-state index contributed by atoms with van der Waals surface area (Å²) in [7, 11) is 1.62. The van der Waals surface area contributed by atoms with E-state index in [0.717, 1.165) is 16.8 Å². The van der Waals surface area contributed by atoms with E-state index in [2.05, 4.69) is 22.6 Å². The molecule has 0 saturated carbocycles. The van der Waals surface area contributed by atoms with Gasteiger partial charge in [0.15, 0.2) is 0 Å². The summed E-state index contributed by atoms with van der Waals surface area (Å²) >= 11 is 4.62. The van der Waals surface area contributed by atoms with Crippen molar-refractivity contribution in [2.45, 2.75) is 5.25 Å². The SMILES string of the molecule is COc1ccc(C(S)c2nc3c(C(N)=O)cccc3[nH]2)cc1. The van der Waals surface area contributed by atoms with Crippen molar-refractivity contribution in [3.05, 3.63) is 59.4 Å². The van der Waals surface area contributed by atoms with Gasteiger partial charge in [-0.25, -0.2) is 4.98 Å². The minimum atomic E-state index is -0.496.